The van der Waals surface area contributed by atoms with Gasteiger partial charge in [-0.1, -0.05) is 41.6 Å². The minimum atomic E-state index is 0.216. The van der Waals surface area contributed by atoms with Crippen LogP contribution in [0.1, 0.15) is 24.2 Å². The molecule has 0 bridgehead atoms. The number of benzene rings is 1. The Bertz CT molecular complexity index is 841. The van der Waals surface area contributed by atoms with Gasteiger partial charge in [0.15, 0.2) is 11.0 Å². The highest BCUT2D eigenvalue weighted by atomic mass is 35.5. The van der Waals surface area contributed by atoms with Gasteiger partial charge in [-0.3, -0.25) is 4.98 Å². The molecule has 0 fully saturated rings. The maximum Gasteiger partial charge on any atom is 0.192 e. The first-order valence-corrected chi connectivity index (χ1v) is 9.70. The molecule has 5 nitrogen and oxygen atoms in total. The van der Waals surface area contributed by atoms with E-state index in [1.165, 1.54) is 0 Å². The summed E-state index contributed by atoms with van der Waals surface area (Å²) in [7, 11) is 1.71. The van der Waals surface area contributed by atoms with E-state index in [1.54, 1.807) is 25.1 Å². The van der Waals surface area contributed by atoms with Gasteiger partial charge < -0.3 is 9.30 Å². The van der Waals surface area contributed by atoms with Gasteiger partial charge in [0.25, 0.3) is 0 Å². The van der Waals surface area contributed by atoms with Gasteiger partial charge in [-0.15, -0.1) is 10.2 Å². The number of halogens is 1. The quantitative estimate of drug-likeness (QED) is 0.406. The van der Waals surface area contributed by atoms with Crippen molar-refractivity contribution in [2.24, 2.45) is 0 Å². The summed E-state index contributed by atoms with van der Waals surface area (Å²) in [6.45, 7) is 3.59. The predicted octanol–water partition coefficient (Wildman–Crippen LogP) is 4.88. The Morgan fingerprint density at radius 1 is 1.19 bits per heavy atom. The first-order chi connectivity index (χ1) is 12.7. The van der Waals surface area contributed by atoms with Gasteiger partial charge in [0, 0.05) is 43.5 Å². The van der Waals surface area contributed by atoms with Gasteiger partial charge in [-0.05, 0) is 37.1 Å². The summed E-state index contributed by atoms with van der Waals surface area (Å²) in [5, 5.41) is 10.6. The van der Waals surface area contributed by atoms with Crippen LogP contribution in [-0.2, 0) is 11.3 Å². The Labute approximate surface area is 162 Å². The molecule has 3 rings (SSSR count). The molecule has 2 aromatic heterocycles. The first-order valence-electron chi connectivity index (χ1n) is 8.44. The third kappa shape index (κ3) is 4.44. The van der Waals surface area contributed by atoms with Crippen LogP contribution < -0.4 is 0 Å². The van der Waals surface area contributed by atoms with Crippen molar-refractivity contribution in [3.8, 4) is 11.4 Å². The van der Waals surface area contributed by atoms with Crippen molar-refractivity contribution in [1.29, 1.82) is 0 Å². The fourth-order valence-corrected chi connectivity index (χ4v) is 3.83. The van der Waals surface area contributed by atoms with Crippen molar-refractivity contribution in [3.05, 3.63) is 59.4 Å². The van der Waals surface area contributed by atoms with E-state index in [9.17, 15) is 0 Å². The molecule has 1 atom stereocenters. The van der Waals surface area contributed by atoms with E-state index < -0.39 is 0 Å². The second-order valence-corrected chi connectivity index (χ2v) is 7.55. The van der Waals surface area contributed by atoms with Crippen LogP contribution in [0.25, 0.3) is 11.4 Å². The lowest BCUT2D eigenvalue weighted by molar-refractivity contribution is 0.189. The first kappa shape index (κ1) is 18.9. The van der Waals surface area contributed by atoms with Crippen LogP contribution in [-0.4, -0.2) is 33.5 Å². The maximum atomic E-state index is 6.38. The smallest absolute Gasteiger partial charge is 0.192 e. The Morgan fingerprint density at radius 2 is 2.04 bits per heavy atom. The zero-order valence-electron chi connectivity index (χ0n) is 14.8. The molecule has 0 saturated heterocycles. The Hall–Kier alpha value is -1.89. The van der Waals surface area contributed by atoms with Crippen molar-refractivity contribution in [1.82, 2.24) is 19.7 Å². The molecular weight excluding hydrogens is 368 g/mol. The standard InChI is InChI=1S/C19H21ClN4OS/c1-14(15-7-5-10-21-13-15)26-19-23-22-18(24(19)11-6-12-25-2)16-8-3-4-9-17(16)20/h3-5,7-10,13-14H,6,11-12H2,1-2H3. The molecule has 0 aliphatic heterocycles. The molecule has 0 N–H and O–H groups in total. The lowest BCUT2D eigenvalue weighted by Gasteiger charge is -2.14. The number of aromatic nitrogens is 4. The molecule has 1 unspecified atom stereocenters. The van der Waals surface area contributed by atoms with Crippen molar-refractivity contribution in [2.45, 2.75) is 30.3 Å². The summed E-state index contributed by atoms with van der Waals surface area (Å²) < 4.78 is 7.33. The van der Waals surface area contributed by atoms with E-state index in [1.807, 2.05) is 36.5 Å². The number of methoxy groups -OCH3 is 1. The highest BCUT2D eigenvalue weighted by molar-refractivity contribution is 7.99. The van der Waals surface area contributed by atoms with Gasteiger partial charge in [0.05, 0.1) is 5.02 Å². The van der Waals surface area contributed by atoms with Crippen LogP contribution in [0.4, 0.5) is 0 Å². The van der Waals surface area contributed by atoms with E-state index in [0.717, 1.165) is 35.1 Å². The summed E-state index contributed by atoms with van der Waals surface area (Å²) in [6.07, 6.45) is 4.54. The third-order valence-electron chi connectivity index (χ3n) is 4.00. The van der Waals surface area contributed by atoms with E-state index in [4.69, 9.17) is 16.3 Å². The predicted molar refractivity (Wildman–Crippen MR) is 105 cm³/mol. The lowest BCUT2D eigenvalue weighted by Crippen LogP contribution is -2.06. The zero-order chi connectivity index (χ0) is 18.4. The molecule has 7 heteroatoms. The number of pyridine rings is 1. The van der Waals surface area contributed by atoms with E-state index in [0.29, 0.717) is 11.6 Å². The van der Waals surface area contributed by atoms with E-state index in [-0.39, 0.29) is 5.25 Å². The topological polar surface area (TPSA) is 52.8 Å². The van der Waals surface area contributed by atoms with Gasteiger partial charge in [0.2, 0.25) is 0 Å². The fraction of sp³-hybridized carbons (Fsp3) is 0.316. The number of hydrogen-bond acceptors (Lipinski definition) is 5. The molecule has 26 heavy (non-hydrogen) atoms. The molecule has 2 heterocycles. The van der Waals surface area contributed by atoms with E-state index >= 15 is 0 Å². The van der Waals surface area contributed by atoms with Crippen LogP contribution in [0, 0.1) is 0 Å². The number of thioether (sulfide) groups is 1. The minimum absolute atomic E-state index is 0.216. The Morgan fingerprint density at radius 3 is 2.77 bits per heavy atom. The zero-order valence-corrected chi connectivity index (χ0v) is 16.4. The average Bonchev–Trinajstić information content (AvgIpc) is 3.05. The Kier molecular flexibility index (Phi) is 6.66. The molecule has 0 spiro atoms. The highest BCUT2D eigenvalue weighted by Crippen LogP contribution is 2.36. The maximum absolute atomic E-state index is 6.38. The monoisotopic (exact) mass is 388 g/mol. The molecular formula is C19H21ClN4OS. The van der Waals surface area contributed by atoms with Crippen molar-refractivity contribution in [2.75, 3.05) is 13.7 Å². The number of ether oxygens (including phenoxy) is 1. The molecule has 0 amide bonds. The number of nitrogens with zero attached hydrogens (tertiary/aromatic N) is 4. The van der Waals surface area contributed by atoms with Crippen molar-refractivity contribution < 1.29 is 4.74 Å². The van der Waals surface area contributed by atoms with Gasteiger partial charge in [-0.2, -0.15) is 0 Å². The molecule has 0 aliphatic rings. The van der Waals surface area contributed by atoms with Crippen LogP contribution in [0.5, 0.6) is 0 Å². The summed E-state index contributed by atoms with van der Waals surface area (Å²) in [4.78, 5) is 4.20. The number of rotatable bonds is 8. The van der Waals surface area contributed by atoms with Crippen molar-refractivity contribution >= 4 is 23.4 Å². The molecule has 0 aliphatic carbocycles. The Balaban J connectivity index is 1.91. The SMILES string of the molecule is COCCCn1c(SC(C)c2cccnc2)nnc1-c1ccccc1Cl. The molecule has 1 aromatic carbocycles. The van der Waals surface area contributed by atoms with Crippen molar-refractivity contribution in [3.63, 3.8) is 0 Å². The van der Waals surface area contributed by atoms with Gasteiger partial charge in [-0.25, -0.2) is 0 Å². The average molecular weight is 389 g/mol. The molecule has 0 radical (unpaired) electrons. The fourth-order valence-electron chi connectivity index (χ4n) is 2.63. The molecule has 136 valence electrons. The van der Waals surface area contributed by atoms with Crippen LogP contribution in [0.3, 0.4) is 0 Å². The summed E-state index contributed by atoms with van der Waals surface area (Å²) in [5.74, 6) is 0.785. The summed E-state index contributed by atoms with van der Waals surface area (Å²) >= 11 is 8.05. The van der Waals surface area contributed by atoms with Gasteiger partial charge >= 0.3 is 0 Å². The second-order valence-electron chi connectivity index (χ2n) is 5.83. The number of hydrogen-bond donors (Lipinski definition) is 0. The lowest BCUT2D eigenvalue weighted by atomic mass is 10.2. The third-order valence-corrected chi connectivity index (χ3v) is 5.47. The van der Waals surface area contributed by atoms with Crippen LogP contribution in [0.15, 0.2) is 53.9 Å². The second kappa shape index (κ2) is 9.16. The van der Waals surface area contributed by atoms with Crippen LogP contribution in [0.2, 0.25) is 5.02 Å². The minimum Gasteiger partial charge on any atom is -0.385 e. The largest absolute Gasteiger partial charge is 0.385 e. The van der Waals surface area contributed by atoms with Gasteiger partial charge in [0.1, 0.15) is 0 Å². The summed E-state index contributed by atoms with van der Waals surface area (Å²) in [6, 6.07) is 11.7. The highest BCUT2D eigenvalue weighted by Gasteiger charge is 2.19. The summed E-state index contributed by atoms with van der Waals surface area (Å²) in [5.41, 5.74) is 2.04. The van der Waals surface area contributed by atoms with E-state index in [2.05, 4.69) is 32.7 Å². The van der Waals surface area contributed by atoms with Crippen LogP contribution >= 0.6 is 23.4 Å². The normalized spacial score (nSPS) is 12.3. The molecule has 0 saturated carbocycles. The molecule has 3 aromatic rings.